The van der Waals surface area contributed by atoms with Crippen molar-refractivity contribution in [3.8, 4) is 0 Å². The molecule has 0 saturated carbocycles. The number of aromatic nitrogens is 1. The first-order valence-corrected chi connectivity index (χ1v) is 7.18. The Hall–Kier alpha value is -0.0300. The topological polar surface area (TPSA) is 12.9 Å². The minimum atomic E-state index is 0.628. The van der Waals surface area contributed by atoms with Gasteiger partial charge in [-0.05, 0) is 50.1 Å². The third-order valence-corrected chi connectivity index (χ3v) is 4.94. The van der Waals surface area contributed by atoms with E-state index in [-0.39, 0.29) is 0 Å². The predicted molar refractivity (Wildman–Crippen MR) is 75.2 cm³/mol. The number of rotatable bonds is 2. The van der Waals surface area contributed by atoms with Crippen LogP contribution in [0.25, 0.3) is 0 Å². The van der Waals surface area contributed by atoms with Crippen molar-refractivity contribution < 1.29 is 0 Å². The highest BCUT2D eigenvalue weighted by Crippen LogP contribution is 2.36. The van der Waals surface area contributed by atoms with Crippen LogP contribution in [-0.2, 0) is 0 Å². The standard InChI is InChI=1S/C11H6Br2ClNS/c12-8-3-1-2-4-10(8)16-11-9(13)5-7(14)6-15-11/h1-6H. The maximum atomic E-state index is 5.84. The molecule has 0 atom stereocenters. The predicted octanol–water partition coefficient (Wildman–Crippen LogP) is 5.41. The van der Waals surface area contributed by atoms with E-state index >= 15 is 0 Å². The van der Waals surface area contributed by atoms with E-state index in [4.69, 9.17) is 11.6 Å². The average molecular weight is 380 g/mol. The zero-order valence-corrected chi connectivity index (χ0v) is 12.7. The van der Waals surface area contributed by atoms with Crippen LogP contribution in [0.4, 0.5) is 0 Å². The summed E-state index contributed by atoms with van der Waals surface area (Å²) in [6.07, 6.45) is 1.64. The van der Waals surface area contributed by atoms with Crippen LogP contribution in [0.1, 0.15) is 0 Å². The Balaban J connectivity index is 2.31. The van der Waals surface area contributed by atoms with Gasteiger partial charge in [-0.15, -0.1) is 0 Å². The Morgan fingerprint density at radius 2 is 1.88 bits per heavy atom. The fourth-order valence-corrected chi connectivity index (χ4v) is 3.30. The highest BCUT2D eigenvalue weighted by Gasteiger charge is 2.06. The van der Waals surface area contributed by atoms with E-state index in [1.165, 1.54) is 0 Å². The van der Waals surface area contributed by atoms with Gasteiger partial charge in [-0.1, -0.05) is 35.5 Å². The largest absolute Gasteiger partial charge is 0.247 e. The van der Waals surface area contributed by atoms with Gasteiger partial charge in [0.1, 0.15) is 5.03 Å². The van der Waals surface area contributed by atoms with Crippen molar-refractivity contribution >= 4 is 55.2 Å². The minimum absolute atomic E-state index is 0.628. The van der Waals surface area contributed by atoms with Crippen LogP contribution in [0.5, 0.6) is 0 Å². The summed E-state index contributed by atoms with van der Waals surface area (Å²) in [4.78, 5) is 5.40. The van der Waals surface area contributed by atoms with Gasteiger partial charge in [0.2, 0.25) is 0 Å². The first-order valence-electron chi connectivity index (χ1n) is 4.40. The molecule has 0 amide bonds. The van der Waals surface area contributed by atoms with E-state index in [0.29, 0.717) is 5.02 Å². The van der Waals surface area contributed by atoms with E-state index in [1.807, 2.05) is 30.3 Å². The third kappa shape index (κ3) is 3.00. The van der Waals surface area contributed by atoms with Crippen LogP contribution >= 0.6 is 55.2 Å². The molecule has 5 heteroatoms. The summed E-state index contributed by atoms with van der Waals surface area (Å²) in [6.45, 7) is 0. The highest BCUT2D eigenvalue weighted by molar-refractivity contribution is 9.11. The van der Waals surface area contributed by atoms with Crippen LogP contribution in [0.2, 0.25) is 5.02 Å². The quantitative estimate of drug-likeness (QED) is 0.692. The lowest BCUT2D eigenvalue weighted by molar-refractivity contribution is 1.11. The maximum Gasteiger partial charge on any atom is 0.115 e. The maximum absolute atomic E-state index is 5.84. The molecule has 0 aliphatic carbocycles. The number of nitrogens with zero attached hydrogens (tertiary/aromatic N) is 1. The molecule has 1 aromatic carbocycles. The second-order valence-electron chi connectivity index (χ2n) is 2.97. The Bertz CT molecular complexity index is 519. The molecule has 1 heterocycles. The van der Waals surface area contributed by atoms with Crippen LogP contribution in [0, 0.1) is 0 Å². The second-order valence-corrected chi connectivity index (χ2v) is 6.15. The van der Waals surface area contributed by atoms with E-state index in [9.17, 15) is 0 Å². The first kappa shape index (κ1) is 12.4. The fraction of sp³-hybridized carbons (Fsp3) is 0. The Morgan fingerprint density at radius 3 is 2.56 bits per heavy atom. The van der Waals surface area contributed by atoms with E-state index in [2.05, 4.69) is 36.8 Å². The number of hydrogen-bond donors (Lipinski definition) is 0. The van der Waals surface area contributed by atoms with Crippen LogP contribution in [0.3, 0.4) is 0 Å². The molecule has 2 rings (SSSR count). The van der Waals surface area contributed by atoms with E-state index in [1.54, 1.807) is 18.0 Å². The van der Waals surface area contributed by atoms with Crippen LogP contribution in [0.15, 0.2) is 55.4 Å². The molecular weight excluding hydrogens is 373 g/mol. The summed E-state index contributed by atoms with van der Waals surface area (Å²) in [7, 11) is 0. The number of halogens is 3. The number of hydrogen-bond acceptors (Lipinski definition) is 2. The number of pyridine rings is 1. The average Bonchev–Trinajstić information content (AvgIpc) is 2.25. The fourth-order valence-electron chi connectivity index (χ4n) is 1.11. The SMILES string of the molecule is Clc1cnc(Sc2ccccc2Br)c(Br)c1. The molecule has 0 N–H and O–H groups in total. The van der Waals surface area contributed by atoms with Gasteiger partial charge in [0.05, 0.1) is 9.50 Å². The second kappa shape index (κ2) is 5.54. The summed E-state index contributed by atoms with van der Waals surface area (Å²) in [6, 6.07) is 9.87. The number of benzene rings is 1. The lowest BCUT2D eigenvalue weighted by atomic mass is 10.4. The summed E-state index contributed by atoms with van der Waals surface area (Å²) < 4.78 is 1.96. The molecule has 16 heavy (non-hydrogen) atoms. The molecule has 0 aliphatic heterocycles. The van der Waals surface area contributed by atoms with Gasteiger partial charge in [-0.3, -0.25) is 0 Å². The molecule has 0 saturated heterocycles. The third-order valence-electron chi connectivity index (χ3n) is 1.82. The zero-order valence-electron chi connectivity index (χ0n) is 7.95. The van der Waals surface area contributed by atoms with E-state index < -0.39 is 0 Å². The van der Waals surface area contributed by atoms with Gasteiger partial charge in [0.15, 0.2) is 0 Å². The summed E-state index contributed by atoms with van der Waals surface area (Å²) in [5, 5.41) is 1.53. The van der Waals surface area contributed by atoms with Crippen molar-refractivity contribution in [2.75, 3.05) is 0 Å². The normalized spacial score (nSPS) is 10.4. The summed E-state index contributed by atoms with van der Waals surface area (Å²) >= 11 is 14.4. The van der Waals surface area contributed by atoms with Gasteiger partial charge in [0.25, 0.3) is 0 Å². The Kier molecular flexibility index (Phi) is 4.30. The van der Waals surface area contributed by atoms with Gasteiger partial charge in [-0.25, -0.2) is 4.98 Å². The van der Waals surface area contributed by atoms with Crippen LogP contribution < -0.4 is 0 Å². The van der Waals surface area contributed by atoms with Crippen molar-refractivity contribution in [2.45, 2.75) is 9.92 Å². The molecule has 0 fully saturated rings. The molecule has 0 aliphatic rings. The molecule has 0 unspecified atom stereocenters. The molecule has 82 valence electrons. The van der Waals surface area contributed by atoms with Gasteiger partial charge in [-0.2, -0.15) is 0 Å². The summed E-state index contributed by atoms with van der Waals surface area (Å²) in [5.41, 5.74) is 0. The summed E-state index contributed by atoms with van der Waals surface area (Å²) in [5.74, 6) is 0. The smallest absolute Gasteiger partial charge is 0.115 e. The van der Waals surface area contributed by atoms with Gasteiger partial charge < -0.3 is 0 Å². The van der Waals surface area contributed by atoms with Gasteiger partial charge >= 0.3 is 0 Å². The molecule has 2 aromatic rings. The van der Waals surface area contributed by atoms with Crippen molar-refractivity contribution in [2.24, 2.45) is 0 Å². The monoisotopic (exact) mass is 377 g/mol. The minimum Gasteiger partial charge on any atom is -0.247 e. The molecule has 1 nitrogen and oxygen atoms in total. The molecular formula is C11H6Br2ClNS. The van der Waals surface area contributed by atoms with E-state index in [0.717, 1.165) is 18.9 Å². The van der Waals surface area contributed by atoms with Crippen molar-refractivity contribution in [1.29, 1.82) is 0 Å². The lowest BCUT2D eigenvalue weighted by Crippen LogP contribution is -1.82. The van der Waals surface area contributed by atoms with Gasteiger partial charge in [0, 0.05) is 15.6 Å². The van der Waals surface area contributed by atoms with Crippen molar-refractivity contribution in [3.05, 3.63) is 50.5 Å². The molecule has 1 aromatic heterocycles. The lowest BCUT2D eigenvalue weighted by Gasteiger charge is -2.05. The molecule has 0 bridgehead atoms. The molecule has 0 spiro atoms. The Labute approximate surface area is 120 Å². The van der Waals surface area contributed by atoms with Crippen molar-refractivity contribution in [1.82, 2.24) is 4.98 Å². The Morgan fingerprint density at radius 1 is 1.12 bits per heavy atom. The highest BCUT2D eigenvalue weighted by atomic mass is 79.9. The molecule has 0 radical (unpaired) electrons. The van der Waals surface area contributed by atoms with Crippen molar-refractivity contribution in [3.63, 3.8) is 0 Å². The zero-order chi connectivity index (χ0) is 11.5. The van der Waals surface area contributed by atoms with Crippen LogP contribution in [-0.4, -0.2) is 4.98 Å². The first-order chi connectivity index (χ1) is 7.66.